The van der Waals surface area contributed by atoms with Crippen LogP contribution in [-0.2, 0) is 27.6 Å². The fourth-order valence-electron chi connectivity index (χ4n) is 4.74. The van der Waals surface area contributed by atoms with Gasteiger partial charge in [-0.05, 0) is 68.2 Å². The van der Waals surface area contributed by atoms with E-state index in [1.54, 1.807) is 11.4 Å². The van der Waals surface area contributed by atoms with Gasteiger partial charge >= 0.3 is 0 Å². The largest absolute Gasteiger partial charge is 0.380 e. The molecule has 2 fully saturated rings. The lowest BCUT2D eigenvalue weighted by Gasteiger charge is -2.36. The minimum Gasteiger partial charge on any atom is -0.380 e. The summed E-state index contributed by atoms with van der Waals surface area (Å²) in [5.41, 5.74) is 2.56. The van der Waals surface area contributed by atoms with Crippen LogP contribution in [0.1, 0.15) is 43.2 Å². The first-order chi connectivity index (χ1) is 12.6. The monoisotopic (exact) mass is 378 g/mol. The van der Waals surface area contributed by atoms with E-state index in [2.05, 4.69) is 4.90 Å². The van der Waals surface area contributed by atoms with E-state index in [0.717, 1.165) is 45.2 Å². The van der Waals surface area contributed by atoms with Crippen molar-refractivity contribution in [3.63, 3.8) is 0 Å². The van der Waals surface area contributed by atoms with Crippen molar-refractivity contribution >= 4 is 10.0 Å². The molecule has 0 spiro atoms. The van der Waals surface area contributed by atoms with Gasteiger partial charge in [0, 0.05) is 39.3 Å². The van der Waals surface area contributed by atoms with Crippen LogP contribution in [0.25, 0.3) is 0 Å². The molecule has 1 atom stereocenters. The van der Waals surface area contributed by atoms with Gasteiger partial charge in [-0.3, -0.25) is 4.90 Å². The predicted octanol–water partition coefficient (Wildman–Crippen LogP) is 2.44. The fraction of sp³-hybridized carbons (Fsp3) is 0.700. The smallest absolute Gasteiger partial charge is 0.243 e. The van der Waals surface area contributed by atoms with Crippen molar-refractivity contribution in [2.75, 3.05) is 33.3 Å². The molecule has 1 aromatic carbocycles. The first-order valence-corrected chi connectivity index (χ1v) is 11.4. The van der Waals surface area contributed by atoms with Crippen molar-refractivity contribution in [3.8, 4) is 0 Å². The molecule has 3 aliphatic rings. The molecule has 0 amide bonds. The molecule has 4 rings (SSSR count). The Bertz CT molecular complexity index is 741. The molecule has 2 saturated heterocycles. The third-order valence-electron chi connectivity index (χ3n) is 6.41. The van der Waals surface area contributed by atoms with E-state index in [4.69, 9.17) is 4.74 Å². The number of fused-ring (bicyclic) bond motifs is 1. The van der Waals surface area contributed by atoms with Gasteiger partial charge in [0.25, 0.3) is 0 Å². The van der Waals surface area contributed by atoms with Crippen molar-refractivity contribution in [3.05, 3.63) is 29.3 Å². The second-order valence-corrected chi connectivity index (χ2v) is 9.85. The van der Waals surface area contributed by atoms with Crippen molar-refractivity contribution < 1.29 is 13.2 Å². The second-order valence-electron chi connectivity index (χ2n) is 7.91. The van der Waals surface area contributed by atoms with Crippen molar-refractivity contribution in [2.24, 2.45) is 0 Å². The van der Waals surface area contributed by atoms with E-state index in [1.807, 2.05) is 18.2 Å². The predicted molar refractivity (Wildman–Crippen MR) is 102 cm³/mol. The summed E-state index contributed by atoms with van der Waals surface area (Å²) in [6.07, 6.45) is 7.74. The zero-order valence-electron chi connectivity index (χ0n) is 15.7. The quantitative estimate of drug-likeness (QED) is 0.807. The number of nitrogens with zero attached hydrogens (tertiary/aromatic N) is 2. The molecule has 26 heavy (non-hydrogen) atoms. The topological polar surface area (TPSA) is 49.9 Å². The summed E-state index contributed by atoms with van der Waals surface area (Å²) in [6, 6.07) is 6.27. The number of aryl methyl sites for hydroxylation is 2. The number of piperidine rings is 1. The molecule has 0 bridgehead atoms. The number of likely N-dealkylation sites (tertiary alicyclic amines) is 1. The first kappa shape index (κ1) is 18.4. The highest BCUT2D eigenvalue weighted by atomic mass is 32.2. The maximum Gasteiger partial charge on any atom is 0.243 e. The van der Waals surface area contributed by atoms with Crippen molar-refractivity contribution in [1.29, 1.82) is 0 Å². The zero-order valence-corrected chi connectivity index (χ0v) is 16.5. The number of hydrogen-bond acceptors (Lipinski definition) is 4. The van der Waals surface area contributed by atoms with Crippen LogP contribution in [0.3, 0.4) is 0 Å². The lowest BCUT2D eigenvalue weighted by molar-refractivity contribution is 0.0925. The molecule has 2 aliphatic heterocycles. The zero-order chi connectivity index (χ0) is 18.1. The molecule has 5 nitrogen and oxygen atoms in total. The molecule has 1 unspecified atom stereocenters. The maximum atomic E-state index is 13.1. The first-order valence-electron chi connectivity index (χ1n) is 9.97. The van der Waals surface area contributed by atoms with Crippen LogP contribution in [0.5, 0.6) is 0 Å². The standard InChI is InChI=1S/C20H30N2O3S/c1-25-19-10-11-21(15-19)18-8-12-22(13-9-18)26(23,24)20-7-6-16-4-2-3-5-17(16)14-20/h6-7,14,18-19H,2-5,8-13,15H2,1H3. The third kappa shape index (κ3) is 3.57. The van der Waals surface area contributed by atoms with Crippen molar-refractivity contribution in [2.45, 2.75) is 62.0 Å². The Morgan fingerprint density at radius 2 is 1.73 bits per heavy atom. The number of sulfonamides is 1. The number of ether oxygens (including phenoxy) is 1. The van der Waals surface area contributed by atoms with Crippen LogP contribution in [-0.4, -0.2) is 63.1 Å². The van der Waals surface area contributed by atoms with E-state index >= 15 is 0 Å². The molecule has 6 heteroatoms. The maximum absolute atomic E-state index is 13.1. The molecule has 0 saturated carbocycles. The lowest BCUT2D eigenvalue weighted by Crippen LogP contribution is -2.46. The Morgan fingerprint density at radius 1 is 1.00 bits per heavy atom. The van der Waals surface area contributed by atoms with Crippen LogP contribution < -0.4 is 0 Å². The van der Waals surface area contributed by atoms with Gasteiger partial charge in [0.1, 0.15) is 0 Å². The molecule has 144 valence electrons. The van der Waals surface area contributed by atoms with Crippen LogP contribution >= 0.6 is 0 Å². The average molecular weight is 379 g/mol. The van der Waals surface area contributed by atoms with Crippen LogP contribution in [0.15, 0.2) is 23.1 Å². The average Bonchev–Trinajstić information content (AvgIpc) is 3.17. The van der Waals surface area contributed by atoms with E-state index in [1.165, 1.54) is 24.0 Å². The molecule has 0 N–H and O–H groups in total. The summed E-state index contributed by atoms with van der Waals surface area (Å²) in [5.74, 6) is 0. The Morgan fingerprint density at radius 3 is 2.42 bits per heavy atom. The third-order valence-corrected chi connectivity index (χ3v) is 8.30. The summed E-state index contributed by atoms with van der Waals surface area (Å²) < 4.78 is 33.3. The summed E-state index contributed by atoms with van der Waals surface area (Å²) in [4.78, 5) is 2.97. The van der Waals surface area contributed by atoms with Gasteiger partial charge in [-0.1, -0.05) is 6.07 Å². The Kier molecular flexibility index (Phi) is 5.37. The van der Waals surface area contributed by atoms with Gasteiger partial charge in [-0.15, -0.1) is 0 Å². The molecule has 0 aromatic heterocycles. The van der Waals surface area contributed by atoms with E-state index in [0.29, 0.717) is 30.1 Å². The lowest BCUT2D eigenvalue weighted by atomic mass is 9.92. The molecule has 0 radical (unpaired) electrons. The summed E-state index contributed by atoms with van der Waals surface area (Å²) >= 11 is 0. The normalized spacial score (nSPS) is 26.1. The van der Waals surface area contributed by atoms with Crippen LogP contribution in [0, 0.1) is 0 Å². The molecule has 2 heterocycles. The number of hydrogen-bond donors (Lipinski definition) is 0. The Hall–Kier alpha value is -0.950. The molecule has 1 aliphatic carbocycles. The summed E-state index contributed by atoms with van der Waals surface area (Å²) in [6.45, 7) is 3.30. The highest BCUT2D eigenvalue weighted by Crippen LogP contribution is 2.29. The minimum atomic E-state index is -3.37. The second kappa shape index (κ2) is 7.58. The van der Waals surface area contributed by atoms with Gasteiger partial charge in [-0.2, -0.15) is 4.31 Å². The van der Waals surface area contributed by atoms with Gasteiger partial charge in [0.15, 0.2) is 0 Å². The van der Waals surface area contributed by atoms with E-state index in [-0.39, 0.29) is 0 Å². The Balaban J connectivity index is 1.42. The van der Waals surface area contributed by atoms with E-state index < -0.39 is 10.0 Å². The fourth-order valence-corrected chi connectivity index (χ4v) is 6.27. The number of benzene rings is 1. The Labute approximate surface area is 157 Å². The van der Waals surface area contributed by atoms with Crippen LogP contribution in [0.2, 0.25) is 0 Å². The summed E-state index contributed by atoms with van der Waals surface area (Å²) in [7, 11) is -1.59. The number of methoxy groups -OCH3 is 1. The van der Waals surface area contributed by atoms with Gasteiger partial charge in [0.05, 0.1) is 11.0 Å². The van der Waals surface area contributed by atoms with Crippen molar-refractivity contribution in [1.82, 2.24) is 9.21 Å². The van der Waals surface area contributed by atoms with Gasteiger partial charge in [-0.25, -0.2) is 8.42 Å². The van der Waals surface area contributed by atoms with Gasteiger partial charge in [0.2, 0.25) is 10.0 Å². The molecular weight excluding hydrogens is 348 g/mol. The highest BCUT2D eigenvalue weighted by Gasteiger charge is 2.34. The highest BCUT2D eigenvalue weighted by molar-refractivity contribution is 7.89. The van der Waals surface area contributed by atoms with E-state index in [9.17, 15) is 8.42 Å². The number of rotatable bonds is 4. The molecular formula is C20H30N2O3S. The van der Waals surface area contributed by atoms with Gasteiger partial charge < -0.3 is 4.74 Å². The van der Waals surface area contributed by atoms with Crippen LogP contribution in [0.4, 0.5) is 0 Å². The minimum absolute atomic E-state index is 0.340. The SMILES string of the molecule is COC1CCN(C2CCN(S(=O)(=O)c3ccc4c(c3)CCCC4)CC2)C1. The molecule has 1 aromatic rings. The summed E-state index contributed by atoms with van der Waals surface area (Å²) in [5, 5.41) is 0.